The summed E-state index contributed by atoms with van der Waals surface area (Å²) in [5.41, 5.74) is 1.71. The summed E-state index contributed by atoms with van der Waals surface area (Å²) in [4.78, 5) is 15.3. The van der Waals surface area contributed by atoms with Crippen LogP contribution in [0.1, 0.15) is 96.6 Å². The Hall–Kier alpha value is -1.36. The lowest BCUT2D eigenvalue weighted by Crippen LogP contribution is -2.33. The molecule has 0 spiro atoms. The fraction of sp³-hybridized carbons (Fsp3) is 0.692. The molecule has 0 saturated carbocycles. The Morgan fingerprint density at radius 2 is 1.61 bits per heavy atom. The number of rotatable bonds is 6. The molecule has 2 N–H and O–H groups in total. The van der Waals surface area contributed by atoms with E-state index >= 15 is 0 Å². The third kappa shape index (κ3) is 6.12. The summed E-state index contributed by atoms with van der Waals surface area (Å²) in [5, 5.41) is 19.6. The quantitative estimate of drug-likeness (QED) is 0.430. The molecule has 4 nitrogen and oxygen atoms in total. The first-order chi connectivity index (χ1) is 13.7. The summed E-state index contributed by atoms with van der Waals surface area (Å²) in [6, 6.07) is 3.71. The Balaban J connectivity index is 0.00000480. The van der Waals surface area contributed by atoms with Crippen molar-refractivity contribution in [3.05, 3.63) is 28.8 Å². The molecule has 0 unspecified atom stereocenters. The Kier molecular flexibility index (Phi) is 8.98. The first kappa shape index (κ1) is 27.7. The van der Waals surface area contributed by atoms with E-state index in [1.807, 2.05) is 17.0 Å². The molecule has 5 heteroatoms. The van der Waals surface area contributed by atoms with Gasteiger partial charge >= 0.3 is 0 Å². The number of carbonyl (C=O) groups is 1. The lowest BCUT2D eigenvalue weighted by Gasteiger charge is -2.28. The predicted molar refractivity (Wildman–Crippen MR) is 136 cm³/mol. The smallest absolute Gasteiger partial charge is 0.182 e. The Labute approximate surface area is 200 Å². The van der Waals surface area contributed by atoms with E-state index < -0.39 is 0 Å². The number of amidine groups is 1. The van der Waals surface area contributed by atoms with Crippen LogP contribution in [-0.2, 0) is 10.8 Å². The summed E-state index contributed by atoms with van der Waals surface area (Å²) in [7, 11) is 0. The van der Waals surface area contributed by atoms with Crippen molar-refractivity contribution in [3.63, 3.8) is 0 Å². The second-order valence-corrected chi connectivity index (χ2v) is 11.4. The van der Waals surface area contributed by atoms with Gasteiger partial charge in [-0.25, -0.2) is 0 Å². The number of Topliss-reactive ketones (excluding diaryl/α,β-unsaturated/α-hetero) is 1. The van der Waals surface area contributed by atoms with Gasteiger partial charge in [-0.05, 0) is 41.2 Å². The summed E-state index contributed by atoms with van der Waals surface area (Å²) in [6.45, 7) is 19.9. The molecule has 1 saturated heterocycles. The maximum atomic E-state index is 13.3. The molecule has 1 fully saturated rings. The third-order valence-electron chi connectivity index (χ3n) is 6.38. The molecule has 0 amide bonds. The van der Waals surface area contributed by atoms with E-state index in [9.17, 15) is 9.90 Å². The summed E-state index contributed by atoms with van der Waals surface area (Å²) < 4.78 is 0. The van der Waals surface area contributed by atoms with Crippen molar-refractivity contribution in [2.45, 2.75) is 86.0 Å². The molecular formula is C26H43BrN2O2. The van der Waals surface area contributed by atoms with E-state index in [0.717, 1.165) is 30.5 Å². The molecule has 1 aromatic carbocycles. The van der Waals surface area contributed by atoms with Gasteiger partial charge < -0.3 is 10.0 Å². The van der Waals surface area contributed by atoms with E-state index in [1.165, 1.54) is 0 Å². The maximum Gasteiger partial charge on any atom is 0.182 e. The van der Waals surface area contributed by atoms with Gasteiger partial charge in [-0.15, -0.1) is 17.0 Å². The summed E-state index contributed by atoms with van der Waals surface area (Å²) >= 11 is 0. The third-order valence-corrected chi connectivity index (χ3v) is 6.38. The maximum absolute atomic E-state index is 13.3. The van der Waals surface area contributed by atoms with E-state index in [1.54, 1.807) is 0 Å². The second-order valence-electron chi connectivity index (χ2n) is 11.4. The van der Waals surface area contributed by atoms with Gasteiger partial charge in [0.25, 0.3) is 0 Å². The van der Waals surface area contributed by atoms with Crippen molar-refractivity contribution in [2.24, 2.45) is 17.8 Å². The Morgan fingerprint density at radius 3 is 2.00 bits per heavy atom. The van der Waals surface area contributed by atoms with Crippen LogP contribution in [0.4, 0.5) is 0 Å². The number of phenols is 1. The van der Waals surface area contributed by atoms with Crippen LogP contribution in [0, 0.1) is 23.2 Å². The monoisotopic (exact) mass is 494 g/mol. The van der Waals surface area contributed by atoms with Gasteiger partial charge in [0.1, 0.15) is 5.75 Å². The Bertz CT molecular complexity index is 768. The van der Waals surface area contributed by atoms with E-state index in [2.05, 4.69) is 62.3 Å². The number of likely N-dealkylation sites (tertiary alicyclic amines) is 1. The number of ketones is 1. The molecule has 31 heavy (non-hydrogen) atoms. The lowest BCUT2D eigenvalue weighted by atomic mass is 9.78. The number of nitrogens with one attached hydrogen (secondary N) is 1. The molecule has 0 aromatic heterocycles. The average molecular weight is 496 g/mol. The summed E-state index contributed by atoms with van der Waals surface area (Å²) in [5.74, 6) is 2.02. The molecular weight excluding hydrogens is 452 g/mol. The fourth-order valence-corrected chi connectivity index (χ4v) is 4.78. The summed E-state index contributed by atoms with van der Waals surface area (Å²) in [6.07, 6.45) is 2.20. The lowest BCUT2D eigenvalue weighted by molar-refractivity contribution is 0.0963. The first-order valence-corrected chi connectivity index (χ1v) is 11.4. The van der Waals surface area contributed by atoms with Crippen LogP contribution in [0.5, 0.6) is 5.75 Å². The molecule has 1 aromatic rings. The van der Waals surface area contributed by atoms with Gasteiger partial charge in [-0.2, -0.15) is 0 Å². The molecule has 2 rings (SSSR count). The van der Waals surface area contributed by atoms with Crippen molar-refractivity contribution in [1.29, 1.82) is 5.41 Å². The highest BCUT2D eigenvalue weighted by molar-refractivity contribution is 8.93. The van der Waals surface area contributed by atoms with Crippen LogP contribution in [0.2, 0.25) is 0 Å². The molecule has 176 valence electrons. The molecule has 0 aliphatic carbocycles. The van der Waals surface area contributed by atoms with Gasteiger partial charge in [-0.3, -0.25) is 10.2 Å². The van der Waals surface area contributed by atoms with Crippen molar-refractivity contribution in [1.82, 2.24) is 4.90 Å². The first-order valence-electron chi connectivity index (χ1n) is 11.4. The van der Waals surface area contributed by atoms with E-state index in [0.29, 0.717) is 29.0 Å². The Morgan fingerprint density at radius 1 is 1.13 bits per heavy atom. The van der Waals surface area contributed by atoms with Crippen molar-refractivity contribution >= 4 is 28.6 Å². The number of halogens is 1. The van der Waals surface area contributed by atoms with Gasteiger partial charge in [0.05, 0.1) is 12.4 Å². The van der Waals surface area contributed by atoms with Crippen LogP contribution in [0.3, 0.4) is 0 Å². The zero-order valence-corrected chi connectivity index (χ0v) is 22.6. The molecule has 0 bridgehead atoms. The highest BCUT2D eigenvalue weighted by Gasteiger charge is 2.39. The minimum absolute atomic E-state index is 0. The van der Waals surface area contributed by atoms with Crippen molar-refractivity contribution < 1.29 is 9.90 Å². The van der Waals surface area contributed by atoms with Gasteiger partial charge in [0.2, 0.25) is 0 Å². The van der Waals surface area contributed by atoms with Crippen LogP contribution >= 0.6 is 17.0 Å². The normalized spacial score (nSPS) is 19.7. The number of benzene rings is 1. The van der Waals surface area contributed by atoms with E-state index in [-0.39, 0.29) is 46.1 Å². The van der Waals surface area contributed by atoms with Gasteiger partial charge in [-0.1, -0.05) is 68.7 Å². The van der Waals surface area contributed by atoms with Crippen LogP contribution in [0.15, 0.2) is 12.1 Å². The molecule has 1 heterocycles. The predicted octanol–water partition coefficient (Wildman–Crippen LogP) is 6.73. The molecule has 2 atom stereocenters. The van der Waals surface area contributed by atoms with E-state index in [4.69, 9.17) is 5.41 Å². The zero-order chi connectivity index (χ0) is 23.0. The number of phenolic OH excluding ortho intramolecular Hbond substituents is 1. The second kappa shape index (κ2) is 10.1. The highest BCUT2D eigenvalue weighted by atomic mass is 79.9. The molecule has 1 aliphatic heterocycles. The number of nitrogens with zero attached hydrogens (tertiary/aromatic N) is 1. The average Bonchev–Trinajstić information content (AvgIpc) is 2.88. The van der Waals surface area contributed by atoms with Crippen LogP contribution in [0.25, 0.3) is 0 Å². The SMILES string of the molecule is Br.CCC[C@@H]1CN(CC(=O)c2cc(C(C)(C)C)c(O)c(C(C)(C)C)c2)C(=N)[C@@H]1C(C)C. The number of hydrogen-bond donors (Lipinski definition) is 2. The van der Waals surface area contributed by atoms with Gasteiger partial charge in [0, 0.05) is 29.2 Å². The standard InChI is InChI=1S/C26H42N2O2.BrH/c1-10-11-17-14-28(24(27)22(17)16(2)3)15-21(29)18-12-19(25(4,5)6)23(30)20(13-18)26(7,8)9;/h12-13,16-17,22,27,30H,10-11,14-15H2,1-9H3;1H/t17-,22-;/m1./s1. The highest BCUT2D eigenvalue weighted by Crippen LogP contribution is 2.40. The minimum atomic E-state index is -0.268. The zero-order valence-electron chi connectivity index (χ0n) is 20.9. The largest absolute Gasteiger partial charge is 0.507 e. The molecule has 1 aliphatic rings. The van der Waals surface area contributed by atoms with Crippen LogP contribution in [-0.4, -0.2) is 34.7 Å². The number of carbonyl (C=O) groups excluding carboxylic acids is 1. The topological polar surface area (TPSA) is 64.4 Å². The van der Waals surface area contributed by atoms with Gasteiger partial charge in [0.15, 0.2) is 5.78 Å². The van der Waals surface area contributed by atoms with Crippen LogP contribution < -0.4 is 0 Å². The number of hydrogen-bond acceptors (Lipinski definition) is 3. The minimum Gasteiger partial charge on any atom is -0.507 e. The molecule has 0 radical (unpaired) electrons. The number of aromatic hydroxyl groups is 1. The van der Waals surface area contributed by atoms with Crippen molar-refractivity contribution in [2.75, 3.05) is 13.1 Å². The fourth-order valence-electron chi connectivity index (χ4n) is 4.78. The van der Waals surface area contributed by atoms with Crippen molar-refractivity contribution in [3.8, 4) is 5.75 Å².